The number of nitro benzene ring substituents is 1. The van der Waals surface area contributed by atoms with Crippen molar-refractivity contribution >= 4 is 11.6 Å². The molecule has 0 unspecified atom stereocenters. The van der Waals surface area contributed by atoms with E-state index < -0.39 is 17.3 Å². The van der Waals surface area contributed by atoms with Crippen molar-refractivity contribution in [3.8, 4) is 11.5 Å². The number of carbonyl (C=O) groups is 1. The van der Waals surface area contributed by atoms with E-state index in [1.807, 2.05) is 0 Å². The number of ether oxygens (including phenoxy) is 2. The summed E-state index contributed by atoms with van der Waals surface area (Å²) in [7, 11) is 1.25. The highest BCUT2D eigenvalue weighted by molar-refractivity contribution is 5.78. The Morgan fingerprint density at radius 1 is 1.43 bits per heavy atom. The molecule has 0 bridgehead atoms. The summed E-state index contributed by atoms with van der Waals surface area (Å²) >= 11 is 0. The minimum atomic E-state index is -3.12. The van der Waals surface area contributed by atoms with Gasteiger partial charge in [0.15, 0.2) is 11.5 Å². The SMILES string of the molecule is COc1cc(CN2CCNC(=O)C2)c([N+](=O)[O-])cc1OC(F)F. The summed E-state index contributed by atoms with van der Waals surface area (Å²) in [6.07, 6.45) is 0. The highest BCUT2D eigenvalue weighted by Crippen LogP contribution is 2.36. The van der Waals surface area contributed by atoms with E-state index in [9.17, 15) is 23.7 Å². The number of rotatable bonds is 6. The van der Waals surface area contributed by atoms with Crippen LogP contribution in [-0.2, 0) is 11.3 Å². The van der Waals surface area contributed by atoms with E-state index in [1.165, 1.54) is 13.2 Å². The molecule has 1 aliphatic heterocycles. The predicted octanol–water partition coefficient (Wildman–Crippen LogP) is 1.14. The molecule has 1 aromatic carbocycles. The van der Waals surface area contributed by atoms with Gasteiger partial charge in [-0.25, -0.2) is 0 Å². The molecule has 0 atom stereocenters. The fourth-order valence-electron chi connectivity index (χ4n) is 2.30. The molecular formula is C13H15F2N3O5. The van der Waals surface area contributed by atoms with Crippen LogP contribution in [0.5, 0.6) is 11.5 Å². The number of nitrogens with zero attached hydrogens (tertiary/aromatic N) is 2. The molecule has 23 heavy (non-hydrogen) atoms. The van der Waals surface area contributed by atoms with Gasteiger partial charge >= 0.3 is 6.61 Å². The quantitative estimate of drug-likeness (QED) is 0.620. The third-order valence-electron chi connectivity index (χ3n) is 3.29. The van der Waals surface area contributed by atoms with Gasteiger partial charge in [-0.3, -0.25) is 19.8 Å². The zero-order valence-electron chi connectivity index (χ0n) is 12.3. The minimum absolute atomic E-state index is 0.0349. The highest BCUT2D eigenvalue weighted by atomic mass is 19.3. The summed E-state index contributed by atoms with van der Waals surface area (Å²) in [4.78, 5) is 23.6. The highest BCUT2D eigenvalue weighted by Gasteiger charge is 2.25. The Balaban J connectivity index is 2.33. The van der Waals surface area contributed by atoms with Crippen LogP contribution in [0, 0.1) is 10.1 Å². The maximum absolute atomic E-state index is 12.4. The third-order valence-corrected chi connectivity index (χ3v) is 3.29. The van der Waals surface area contributed by atoms with E-state index in [2.05, 4.69) is 10.1 Å². The lowest BCUT2D eigenvalue weighted by Crippen LogP contribution is -2.47. The van der Waals surface area contributed by atoms with Crippen molar-refractivity contribution in [2.45, 2.75) is 13.2 Å². The summed E-state index contributed by atoms with van der Waals surface area (Å²) in [5.41, 5.74) is -0.115. The number of halogens is 2. The van der Waals surface area contributed by atoms with Gasteiger partial charge in [0, 0.05) is 25.2 Å². The maximum atomic E-state index is 12.4. The van der Waals surface area contributed by atoms with Crippen LogP contribution in [0.25, 0.3) is 0 Å². The second-order valence-corrected chi connectivity index (χ2v) is 4.83. The van der Waals surface area contributed by atoms with Crippen molar-refractivity contribution < 1.29 is 28.0 Å². The van der Waals surface area contributed by atoms with Crippen LogP contribution < -0.4 is 14.8 Å². The molecule has 1 N–H and O–H groups in total. The molecule has 1 fully saturated rings. The van der Waals surface area contributed by atoms with Gasteiger partial charge in [-0.2, -0.15) is 8.78 Å². The van der Waals surface area contributed by atoms with Gasteiger partial charge in [-0.05, 0) is 6.07 Å². The lowest BCUT2D eigenvalue weighted by molar-refractivity contribution is -0.385. The summed E-state index contributed by atoms with van der Waals surface area (Å²) in [5.74, 6) is -0.620. The Bertz CT molecular complexity index is 612. The number of nitro groups is 1. The normalized spacial score (nSPS) is 15.4. The number of amides is 1. The van der Waals surface area contributed by atoms with Crippen molar-refractivity contribution in [2.75, 3.05) is 26.7 Å². The molecule has 8 nitrogen and oxygen atoms in total. The van der Waals surface area contributed by atoms with Crippen molar-refractivity contribution in [2.24, 2.45) is 0 Å². The average Bonchev–Trinajstić information content (AvgIpc) is 2.47. The van der Waals surface area contributed by atoms with Gasteiger partial charge in [0.25, 0.3) is 5.69 Å². The Labute approximate surface area is 130 Å². The molecule has 0 saturated carbocycles. The van der Waals surface area contributed by atoms with Crippen LogP contribution in [0.2, 0.25) is 0 Å². The Morgan fingerprint density at radius 3 is 2.74 bits per heavy atom. The zero-order valence-corrected chi connectivity index (χ0v) is 12.3. The lowest BCUT2D eigenvalue weighted by Gasteiger charge is -2.26. The van der Waals surface area contributed by atoms with Gasteiger partial charge in [0.1, 0.15) is 0 Å². The monoisotopic (exact) mass is 331 g/mol. The predicted molar refractivity (Wildman–Crippen MR) is 74.6 cm³/mol. The average molecular weight is 331 g/mol. The molecular weight excluding hydrogens is 316 g/mol. The Kier molecular flexibility index (Phi) is 5.27. The molecule has 1 saturated heterocycles. The summed E-state index contributed by atoms with van der Waals surface area (Å²) in [6.45, 7) is -1.93. The molecule has 1 amide bonds. The van der Waals surface area contributed by atoms with Crippen LogP contribution in [-0.4, -0.2) is 49.1 Å². The zero-order chi connectivity index (χ0) is 17.0. The van der Waals surface area contributed by atoms with Crippen LogP contribution in [0.3, 0.4) is 0 Å². The molecule has 2 rings (SSSR count). The van der Waals surface area contributed by atoms with Crippen LogP contribution in [0.4, 0.5) is 14.5 Å². The van der Waals surface area contributed by atoms with E-state index in [0.29, 0.717) is 13.1 Å². The number of hydrogen-bond donors (Lipinski definition) is 1. The van der Waals surface area contributed by atoms with E-state index in [1.54, 1.807) is 4.90 Å². The minimum Gasteiger partial charge on any atom is -0.493 e. The molecule has 0 spiro atoms. The molecule has 10 heteroatoms. The first-order valence-corrected chi connectivity index (χ1v) is 6.70. The third kappa shape index (κ3) is 4.25. The molecule has 0 radical (unpaired) electrons. The molecule has 1 aliphatic rings. The first kappa shape index (κ1) is 16.9. The number of piperazine rings is 1. The molecule has 1 heterocycles. The molecule has 0 aliphatic carbocycles. The molecule has 1 aromatic rings. The lowest BCUT2D eigenvalue weighted by atomic mass is 10.1. The number of hydrogen-bond acceptors (Lipinski definition) is 6. The van der Waals surface area contributed by atoms with E-state index >= 15 is 0 Å². The molecule has 126 valence electrons. The van der Waals surface area contributed by atoms with Crippen molar-refractivity contribution in [1.29, 1.82) is 0 Å². The fraction of sp³-hybridized carbons (Fsp3) is 0.462. The fourth-order valence-corrected chi connectivity index (χ4v) is 2.30. The van der Waals surface area contributed by atoms with Gasteiger partial charge in [0.05, 0.1) is 24.6 Å². The number of methoxy groups -OCH3 is 1. The molecule has 0 aromatic heterocycles. The smallest absolute Gasteiger partial charge is 0.387 e. The first-order valence-electron chi connectivity index (χ1n) is 6.70. The second kappa shape index (κ2) is 7.18. The van der Waals surface area contributed by atoms with Gasteiger partial charge in [-0.1, -0.05) is 0 Å². The van der Waals surface area contributed by atoms with Crippen LogP contribution >= 0.6 is 0 Å². The summed E-state index contributed by atoms with van der Waals surface area (Å²) in [6, 6.07) is 2.19. The van der Waals surface area contributed by atoms with Crippen LogP contribution in [0.15, 0.2) is 12.1 Å². The van der Waals surface area contributed by atoms with Crippen molar-refractivity contribution in [1.82, 2.24) is 10.2 Å². The standard InChI is InChI=1S/C13H15F2N3O5/c1-22-10-4-8(6-17-3-2-16-12(19)7-17)9(18(20)21)5-11(10)23-13(14)15/h4-5,13H,2-3,6-7H2,1H3,(H,16,19). The Morgan fingerprint density at radius 2 is 2.17 bits per heavy atom. The van der Waals surface area contributed by atoms with Crippen molar-refractivity contribution in [3.05, 3.63) is 27.8 Å². The number of nitrogens with one attached hydrogen (secondary N) is 1. The maximum Gasteiger partial charge on any atom is 0.387 e. The van der Waals surface area contributed by atoms with Crippen LogP contribution in [0.1, 0.15) is 5.56 Å². The van der Waals surface area contributed by atoms with E-state index in [0.717, 1.165) is 6.07 Å². The number of alkyl halides is 2. The second-order valence-electron chi connectivity index (χ2n) is 4.83. The number of benzene rings is 1. The van der Waals surface area contributed by atoms with E-state index in [-0.39, 0.29) is 36.0 Å². The van der Waals surface area contributed by atoms with Gasteiger partial charge < -0.3 is 14.8 Å². The summed E-state index contributed by atoms with van der Waals surface area (Å²) in [5, 5.41) is 13.8. The largest absolute Gasteiger partial charge is 0.493 e. The van der Waals surface area contributed by atoms with Gasteiger partial charge in [-0.15, -0.1) is 0 Å². The van der Waals surface area contributed by atoms with Gasteiger partial charge in [0.2, 0.25) is 5.91 Å². The van der Waals surface area contributed by atoms with E-state index in [4.69, 9.17) is 4.74 Å². The summed E-state index contributed by atoms with van der Waals surface area (Å²) < 4.78 is 34.0. The first-order chi connectivity index (χ1) is 10.9. The topological polar surface area (TPSA) is 93.9 Å². The number of carbonyl (C=O) groups excluding carboxylic acids is 1. The Hall–Kier alpha value is -2.49. The van der Waals surface area contributed by atoms with Crippen molar-refractivity contribution in [3.63, 3.8) is 0 Å².